The average molecular weight is 257 g/mol. The third-order valence-corrected chi connectivity index (χ3v) is 3.28. The smallest absolute Gasteiger partial charge is 0.164 e. The number of rotatable bonds is 6. The van der Waals surface area contributed by atoms with E-state index in [-0.39, 0.29) is 11.1 Å². The van der Waals surface area contributed by atoms with Gasteiger partial charge >= 0.3 is 0 Å². The second-order valence-corrected chi connectivity index (χ2v) is 4.43. The fourth-order valence-corrected chi connectivity index (χ4v) is 1.92. The van der Waals surface area contributed by atoms with Gasteiger partial charge in [-0.3, -0.25) is 0 Å². The first-order chi connectivity index (χ1) is 8.51. The van der Waals surface area contributed by atoms with Crippen LogP contribution in [0.1, 0.15) is 37.5 Å². The van der Waals surface area contributed by atoms with E-state index in [0.29, 0.717) is 13.0 Å². The molecule has 0 bridgehead atoms. The standard InChI is InChI=1S/C14H21F2NO/c1-4-17(5-2)9-8-12(18)11-7-6-10(3)13(15)14(11)16/h6-7,12,18H,4-5,8-9H2,1-3H3. The highest BCUT2D eigenvalue weighted by atomic mass is 19.2. The van der Waals surface area contributed by atoms with Crippen LogP contribution in [-0.2, 0) is 0 Å². The molecule has 0 radical (unpaired) electrons. The average Bonchev–Trinajstić information content (AvgIpc) is 2.37. The lowest BCUT2D eigenvalue weighted by Gasteiger charge is -2.20. The molecule has 0 aliphatic rings. The Hall–Kier alpha value is -1.00. The lowest BCUT2D eigenvalue weighted by atomic mass is 10.0. The molecular formula is C14H21F2NO. The van der Waals surface area contributed by atoms with Gasteiger partial charge in [0.25, 0.3) is 0 Å². The molecule has 102 valence electrons. The molecule has 1 atom stereocenters. The lowest BCUT2D eigenvalue weighted by molar-refractivity contribution is 0.140. The van der Waals surface area contributed by atoms with Crippen molar-refractivity contribution in [1.82, 2.24) is 4.90 Å². The van der Waals surface area contributed by atoms with Gasteiger partial charge in [-0.05, 0) is 32.0 Å². The number of benzene rings is 1. The van der Waals surface area contributed by atoms with Gasteiger partial charge in [-0.15, -0.1) is 0 Å². The third kappa shape index (κ3) is 3.50. The first-order valence-electron chi connectivity index (χ1n) is 6.36. The van der Waals surface area contributed by atoms with Gasteiger partial charge in [0.05, 0.1) is 6.10 Å². The Morgan fingerprint density at radius 2 is 1.78 bits per heavy atom. The SMILES string of the molecule is CCN(CC)CCC(O)c1ccc(C)c(F)c1F. The predicted molar refractivity (Wildman–Crippen MR) is 68.5 cm³/mol. The van der Waals surface area contributed by atoms with Crippen LogP contribution in [-0.4, -0.2) is 29.6 Å². The van der Waals surface area contributed by atoms with Gasteiger partial charge in [-0.2, -0.15) is 0 Å². The summed E-state index contributed by atoms with van der Waals surface area (Å²) in [6, 6.07) is 2.95. The zero-order chi connectivity index (χ0) is 13.7. The number of halogens is 2. The van der Waals surface area contributed by atoms with Crippen LogP contribution in [0.25, 0.3) is 0 Å². The monoisotopic (exact) mass is 257 g/mol. The van der Waals surface area contributed by atoms with E-state index >= 15 is 0 Å². The normalized spacial score (nSPS) is 13.1. The molecule has 0 heterocycles. The number of aliphatic hydroxyl groups is 1. The van der Waals surface area contributed by atoms with Gasteiger partial charge in [0.1, 0.15) is 0 Å². The Balaban J connectivity index is 2.73. The van der Waals surface area contributed by atoms with Crippen molar-refractivity contribution in [3.05, 3.63) is 34.9 Å². The molecule has 0 saturated heterocycles. The van der Waals surface area contributed by atoms with E-state index in [1.807, 2.05) is 13.8 Å². The number of nitrogens with zero attached hydrogens (tertiary/aromatic N) is 1. The second-order valence-electron chi connectivity index (χ2n) is 4.43. The van der Waals surface area contributed by atoms with Crippen molar-refractivity contribution in [1.29, 1.82) is 0 Å². The number of aryl methyl sites for hydroxylation is 1. The van der Waals surface area contributed by atoms with Crippen LogP contribution < -0.4 is 0 Å². The van der Waals surface area contributed by atoms with E-state index < -0.39 is 17.7 Å². The maximum Gasteiger partial charge on any atom is 0.164 e. The number of aliphatic hydroxyl groups excluding tert-OH is 1. The number of hydrogen-bond acceptors (Lipinski definition) is 2. The highest BCUT2D eigenvalue weighted by Crippen LogP contribution is 2.24. The zero-order valence-corrected chi connectivity index (χ0v) is 11.2. The fraction of sp³-hybridized carbons (Fsp3) is 0.571. The first-order valence-corrected chi connectivity index (χ1v) is 6.36. The van der Waals surface area contributed by atoms with Crippen molar-refractivity contribution in [3.8, 4) is 0 Å². The Kier molecular flexibility index (Phi) is 5.69. The van der Waals surface area contributed by atoms with Gasteiger partial charge in [0.15, 0.2) is 11.6 Å². The topological polar surface area (TPSA) is 23.5 Å². The molecule has 1 N–H and O–H groups in total. The molecule has 0 fully saturated rings. The van der Waals surface area contributed by atoms with Crippen LogP contribution in [0.5, 0.6) is 0 Å². The largest absolute Gasteiger partial charge is 0.388 e. The molecule has 0 aliphatic heterocycles. The van der Waals surface area contributed by atoms with Crippen molar-refractivity contribution in [2.24, 2.45) is 0 Å². The molecule has 0 aliphatic carbocycles. The van der Waals surface area contributed by atoms with Crippen LogP contribution in [0.15, 0.2) is 12.1 Å². The van der Waals surface area contributed by atoms with E-state index in [0.717, 1.165) is 13.1 Å². The summed E-state index contributed by atoms with van der Waals surface area (Å²) in [7, 11) is 0. The summed E-state index contributed by atoms with van der Waals surface area (Å²) in [5.74, 6) is -1.79. The summed E-state index contributed by atoms with van der Waals surface area (Å²) in [5, 5.41) is 9.92. The van der Waals surface area contributed by atoms with Crippen LogP contribution in [0.3, 0.4) is 0 Å². The molecule has 0 spiro atoms. The minimum atomic E-state index is -0.958. The molecule has 2 nitrogen and oxygen atoms in total. The fourth-order valence-electron chi connectivity index (χ4n) is 1.92. The third-order valence-electron chi connectivity index (χ3n) is 3.28. The van der Waals surface area contributed by atoms with Gasteiger partial charge in [0.2, 0.25) is 0 Å². The molecule has 1 unspecified atom stereocenters. The van der Waals surface area contributed by atoms with Crippen molar-refractivity contribution in [2.45, 2.75) is 33.3 Å². The highest BCUT2D eigenvalue weighted by molar-refractivity contribution is 5.27. The second kappa shape index (κ2) is 6.81. The summed E-state index contributed by atoms with van der Waals surface area (Å²) in [6.45, 7) is 8.00. The van der Waals surface area contributed by atoms with Crippen LogP contribution in [0.2, 0.25) is 0 Å². The predicted octanol–water partition coefficient (Wildman–Crippen LogP) is 3.04. The van der Waals surface area contributed by atoms with E-state index in [1.165, 1.54) is 19.1 Å². The Morgan fingerprint density at radius 1 is 1.17 bits per heavy atom. The molecule has 0 aromatic heterocycles. The van der Waals surface area contributed by atoms with Crippen molar-refractivity contribution in [2.75, 3.05) is 19.6 Å². The van der Waals surface area contributed by atoms with Crippen molar-refractivity contribution >= 4 is 0 Å². The summed E-state index contributed by atoms with van der Waals surface area (Å²) in [5.41, 5.74) is 0.303. The molecule has 0 saturated carbocycles. The molecule has 1 rings (SSSR count). The quantitative estimate of drug-likeness (QED) is 0.846. The lowest BCUT2D eigenvalue weighted by Crippen LogP contribution is -2.25. The molecular weight excluding hydrogens is 236 g/mol. The maximum atomic E-state index is 13.7. The minimum absolute atomic E-state index is 0.0465. The van der Waals surface area contributed by atoms with E-state index in [4.69, 9.17) is 0 Å². The Labute approximate surface area is 107 Å². The van der Waals surface area contributed by atoms with Gasteiger partial charge in [-0.25, -0.2) is 8.78 Å². The minimum Gasteiger partial charge on any atom is -0.388 e. The Morgan fingerprint density at radius 3 is 2.33 bits per heavy atom. The van der Waals surface area contributed by atoms with Gasteiger partial charge in [0, 0.05) is 12.1 Å². The molecule has 1 aromatic rings. The maximum absolute atomic E-state index is 13.7. The summed E-state index contributed by atoms with van der Waals surface area (Å²) < 4.78 is 27.0. The number of hydrogen-bond donors (Lipinski definition) is 1. The summed E-state index contributed by atoms with van der Waals surface area (Å²) >= 11 is 0. The summed E-state index contributed by atoms with van der Waals surface area (Å²) in [6.07, 6.45) is -0.554. The first kappa shape index (κ1) is 15.1. The molecule has 18 heavy (non-hydrogen) atoms. The van der Waals surface area contributed by atoms with Gasteiger partial charge < -0.3 is 10.0 Å². The summed E-state index contributed by atoms with van der Waals surface area (Å²) in [4.78, 5) is 2.13. The van der Waals surface area contributed by atoms with Crippen molar-refractivity contribution < 1.29 is 13.9 Å². The Bertz CT molecular complexity index is 392. The van der Waals surface area contributed by atoms with E-state index in [9.17, 15) is 13.9 Å². The van der Waals surface area contributed by atoms with Crippen LogP contribution >= 0.6 is 0 Å². The molecule has 1 aromatic carbocycles. The van der Waals surface area contributed by atoms with Crippen molar-refractivity contribution in [3.63, 3.8) is 0 Å². The molecule has 0 amide bonds. The highest BCUT2D eigenvalue weighted by Gasteiger charge is 2.18. The van der Waals surface area contributed by atoms with E-state index in [2.05, 4.69) is 4.90 Å². The molecule has 4 heteroatoms. The van der Waals surface area contributed by atoms with Crippen LogP contribution in [0, 0.1) is 18.6 Å². The van der Waals surface area contributed by atoms with E-state index in [1.54, 1.807) is 0 Å². The zero-order valence-electron chi connectivity index (χ0n) is 11.2. The van der Waals surface area contributed by atoms with Gasteiger partial charge in [-0.1, -0.05) is 26.0 Å². The van der Waals surface area contributed by atoms with Crippen LogP contribution in [0.4, 0.5) is 8.78 Å².